The van der Waals surface area contributed by atoms with Gasteiger partial charge in [-0.2, -0.15) is 0 Å². The summed E-state index contributed by atoms with van der Waals surface area (Å²) >= 11 is 0. The Morgan fingerprint density at radius 2 is 1.85 bits per heavy atom. The van der Waals surface area contributed by atoms with Crippen molar-refractivity contribution in [3.05, 3.63) is 18.5 Å². The molecule has 0 amide bonds. The molecule has 2 aliphatic rings. The topological polar surface area (TPSA) is 68.7 Å². The Morgan fingerprint density at radius 1 is 1.15 bits per heavy atom. The van der Waals surface area contributed by atoms with Crippen molar-refractivity contribution in [3.8, 4) is 0 Å². The third kappa shape index (κ3) is 7.40. The number of piperazine rings is 1. The molecule has 1 aromatic rings. The van der Waals surface area contributed by atoms with E-state index in [0.29, 0.717) is 6.04 Å². The van der Waals surface area contributed by atoms with Gasteiger partial charge >= 0.3 is 0 Å². The minimum atomic E-state index is 0. The molecule has 2 N–H and O–H groups in total. The zero-order chi connectivity index (χ0) is 18.0. The minimum Gasteiger partial charge on any atom is -0.357 e. The van der Waals surface area contributed by atoms with Crippen molar-refractivity contribution in [2.24, 2.45) is 4.99 Å². The maximum absolute atomic E-state index is 4.76. The molecule has 8 heteroatoms. The Hall–Kier alpha value is -1.16. The summed E-state index contributed by atoms with van der Waals surface area (Å²) in [4.78, 5) is 18.2. The summed E-state index contributed by atoms with van der Waals surface area (Å²) in [7, 11) is 0. The first-order valence-corrected chi connectivity index (χ1v) is 10.1. The number of nitrogens with one attached hydrogen (secondary N) is 2. The highest BCUT2D eigenvalue weighted by Crippen LogP contribution is 2.17. The summed E-state index contributed by atoms with van der Waals surface area (Å²) in [5.41, 5.74) is 0. The van der Waals surface area contributed by atoms with Crippen LogP contribution in [0.15, 0.2) is 23.5 Å². The first-order chi connectivity index (χ1) is 12.8. The number of hydrogen-bond donors (Lipinski definition) is 2. The van der Waals surface area contributed by atoms with Crippen LogP contribution >= 0.6 is 24.0 Å². The molecule has 2 fully saturated rings. The molecule has 2 heterocycles. The lowest BCUT2D eigenvalue weighted by Crippen LogP contribution is -2.47. The molecule has 1 saturated carbocycles. The summed E-state index contributed by atoms with van der Waals surface area (Å²) in [6.07, 6.45) is 9.97. The zero-order valence-electron chi connectivity index (χ0n) is 16.4. The fourth-order valence-corrected chi connectivity index (χ4v) is 3.69. The Bertz CT molecular complexity index is 540. The van der Waals surface area contributed by atoms with Crippen molar-refractivity contribution in [2.45, 2.75) is 45.1 Å². The van der Waals surface area contributed by atoms with E-state index in [1.165, 1.54) is 25.7 Å². The molecule has 3 rings (SSSR count). The number of halogens is 1. The zero-order valence-corrected chi connectivity index (χ0v) is 18.8. The predicted octanol–water partition coefficient (Wildman–Crippen LogP) is 2.10. The Balaban J connectivity index is 0.00000261. The van der Waals surface area contributed by atoms with E-state index in [4.69, 9.17) is 4.99 Å². The van der Waals surface area contributed by atoms with E-state index in [2.05, 4.69) is 37.3 Å². The van der Waals surface area contributed by atoms with Gasteiger partial charge in [0.05, 0.1) is 0 Å². The highest BCUT2D eigenvalue weighted by atomic mass is 127. The number of hydrogen-bond acceptors (Lipinski definition) is 5. The lowest BCUT2D eigenvalue weighted by atomic mass is 10.2. The fraction of sp³-hybridized carbons (Fsp3) is 0.737. The van der Waals surface area contributed by atoms with E-state index < -0.39 is 0 Å². The highest BCUT2D eigenvalue weighted by molar-refractivity contribution is 14.0. The molecular formula is C19H34IN7. The molecule has 1 aliphatic carbocycles. The van der Waals surface area contributed by atoms with Crippen LogP contribution < -0.4 is 15.5 Å². The number of rotatable bonds is 7. The molecule has 0 aromatic carbocycles. The summed E-state index contributed by atoms with van der Waals surface area (Å²) in [6, 6.07) is 2.48. The number of anilines is 1. The van der Waals surface area contributed by atoms with Gasteiger partial charge in [0.1, 0.15) is 0 Å². The molecule has 0 spiro atoms. The van der Waals surface area contributed by atoms with E-state index in [1.807, 2.05) is 18.5 Å². The monoisotopic (exact) mass is 487 g/mol. The second-order valence-corrected chi connectivity index (χ2v) is 7.12. The second-order valence-electron chi connectivity index (χ2n) is 7.12. The largest absolute Gasteiger partial charge is 0.357 e. The third-order valence-corrected chi connectivity index (χ3v) is 5.15. The molecule has 7 nitrogen and oxygen atoms in total. The molecule has 152 valence electrons. The molecule has 27 heavy (non-hydrogen) atoms. The van der Waals surface area contributed by atoms with Gasteiger partial charge < -0.3 is 15.5 Å². The van der Waals surface area contributed by atoms with Crippen molar-refractivity contribution in [1.29, 1.82) is 0 Å². The first kappa shape index (κ1) is 22.1. The molecule has 1 aromatic heterocycles. The molecule has 0 unspecified atom stereocenters. The van der Waals surface area contributed by atoms with Crippen LogP contribution in [-0.2, 0) is 0 Å². The number of aliphatic imine (C=N–C) groups is 1. The predicted molar refractivity (Wildman–Crippen MR) is 122 cm³/mol. The van der Waals surface area contributed by atoms with E-state index in [9.17, 15) is 0 Å². The van der Waals surface area contributed by atoms with Gasteiger partial charge in [-0.15, -0.1) is 24.0 Å². The van der Waals surface area contributed by atoms with E-state index in [0.717, 1.165) is 64.1 Å². The van der Waals surface area contributed by atoms with Crippen LogP contribution in [0.3, 0.4) is 0 Å². The lowest BCUT2D eigenvalue weighted by molar-refractivity contribution is 0.255. The van der Waals surface area contributed by atoms with Gasteiger partial charge in [-0.05, 0) is 32.3 Å². The second kappa shape index (κ2) is 12.3. The Morgan fingerprint density at radius 3 is 2.52 bits per heavy atom. The summed E-state index contributed by atoms with van der Waals surface area (Å²) in [5.74, 6) is 1.84. The maximum Gasteiger partial charge on any atom is 0.225 e. The Kier molecular flexibility index (Phi) is 10.1. The van der Waals surface area contributed by atoms with E-state index in [-0.39, 0.29) is 24.0 Å². The van der Waals surface area contributed by atoms with Gasteiger partial charge in [0.15, 0.2) is 5.96 Å². The molecule has 0 atom stereocenters. The SMILES string of the molecule is CCNC(=NCCCN1CCN(c2ncccn2)CC1)NC1CCCC1.I. The average molecular weight is 487 g/mol. The Labute approximate surface area is 180 Å². The molecule has 1 aliphatic heterocycles. The number of guanidine groups is 1. The molecule has 0 radical (unpaired) electrons. The third-order valence-electron chi connectivity index (χ3n) is 5.15. The van der Waals surface area contributed by atoms with Crippen molar-refractivity contribution in [2.75, 3.05) is 50.7 Å². The lowest BCUT2D eigenvalue weighted by Gasteiger charge is -2.34. The summed E-state index contributed by atoms with van der Waals surface area (Å²) in [6.45, 7) is 9.17. The summed E-state index contributed by atoms with van der Waals surface area (Å²) in [5, 5.41) is 6.96. The van der Waals surface area contributed by atoms with Crippen molar-refractivity contribution >= 4 is 35.9 Å². The van der Waals surface area contributed by atoms with Crippen LogP contribution in [0.1, 0.15) is 39.0 Å². The number of aromatic nitrogens is 2. The van der Waals surface area contributed by atoms with Crippen molar-refractivity contribution < 1.29 is 0 Å². The highest BCUT2D eigenvalue weighted by Gasteiger charge is 2.18. The standard InChI is InChI=1S/C19H33N7.HI/c1-2-20-18(24-17-7-3-4-8-17)21-11-6-12-25-13-15-26(16-14-25)19-22-9-5-10-23-19;/h5,9-10,17H,2-4,6-8,11-16H2,1H3,(H2,20,21,24);1H. The van der Waals surface area contributed by atoms with Crippen LogP contribution in [-0.4, -0.2) is 72.7 Å². The van der Waals surface area contributed by atoms with Gasteiger partial charge in [0.2, 0.25) is 5.95 Å². The average Bonchev–Trinajstić information content (AvgIpc) is 3.19. The van der Waals surface area contributed by atoms with Crippen LogP contribution in [0.25, 0.3) is 0 Å². The smallest absolute Gasteiger partial charge is 0.225 e. The van der Waals surface area contributed by atoms with Gasteiger partial charge in [-0.1, -0.05) is 12.8 Å². The first-order valence-electron chi connectivity index (χ1n) is 10.1. The maximum atomic E-state index is 4.76. The van der Waals surface area contributed by atoms with Gasteiger partial charge in [0.25, 0.3) is 0 Å². The van der Waals surface area contributed by atoms with E-state index in [1.54, 1.807) is 0 Å². The van der Waals surface area contributed by atoms with Crippen LogP contribution in [0.4, 0.5) is 5.95 Å². The van der Waals surface area contributed by atoms with Gasteiger partial charge in [-0.3, -0.25) is 9.89 Å². The quantitative estimate of drug-likeness (QED) is 0.266. The van der Waals surface area contributed by atoms with Crippen molar-refractivity contribution in [1.82, 2.24) is 25.5 Å². The fourth-order valence-electron chi connectivity index (χ4n) is 3.69. The van der Waals surface area contributed by atoms with E-state index >= 15 is 0 Å². The molecule has 1 saturated heterocycles. The summed E-state index contributed by atoms with van der Waals surface area (Å²) < 4.78 is 0. The molecular weight excluding hydrogens is 453 g/mol. The number of nitrogens with zero attached hydrogens (tertiary/aromatic N) is 5. The molecule has 0 bridgehead atoms. The van der Waals surface area contributed by atoms with Gasteiger partial charge in [-0.25, -0.2) is 9.97 Å². The van der Waals surface area contributed by atoms with Crippen LogP contribution in [0.5, 0.6) is 0 Å². The van der Waals surface area contributed by atoms with Gasteiger partial charge in [0, 0.05) is 64.2 Å². The van der Waals surface area contributed by atoms with Crippen molar-refractivity contribution in [3.63, 3.8) is 0 Å². The minimum absolute atomic E-state index is 0. The van der Waals surface area contributed by atoms with Crippen LogP contribution in [0, 0.1) is 0 Å². The normalized spacial score (nSPS) is 19.0. The van der Waals surface area contributed by atoms with Crippen LogP contribution in [0.2, 0.25) is 0 Å².